The Balaban J connectivity index is 0.000000403. The molecule has 1 aromatic heterocycles. The number of carbonyl (C=O) groups excluding carboxylic acids is 1. The van der Waals surface area contributed by atoms with Gasteiger partial charge in [0.05, 0.1) is 12.1 Å². The van der Waals surface area contributed by atoms with Gasteiger partial charge in [-0.25, -0.2) is 0 Å². The highest BCUT2D eigenvalue weighted by Gasteiger charge is 2.36. The van der Waals surface area contributed by atoms with E-state index in [1.165, 1.54) is 19.3 Å². The Morgan fingerprint density at radius 2 is 1.82 bits per heavy atom. The van der Waals surface area contributed by atoms with Crippen LogP contribution in [0, 0.1) is 0 Å². The van der Waals surface area contributed by atoms with Crippen molar-refractivity contribution in [1.82, 2.24) is 20.0 Å². The van der Waals surface area contributed by atoms with Crippen LogP contribution in [0.2, 0.25) is 0 Å². The van der Waals surface area contributed by atoms with Crippen molar-refractivity contribution in [3.63, 3.8) is 0 Å². The van der Waals surface area contributed by atoms with Gasteiger partial charge in [0.1, 0.15) is 0 Å². The fraction of sp³-hybridized carbons (Fsp3) is 0.550. The van der Waals surface area contributed by atoms with E-state index in [1.807, 2.05) is 31.3 Å². The molecule has 3 heterocycles. The maximum Gasteiger partial charge on any atom is 0.317 e. The monoisotopic (exact) mass is 387 g/mol. The summed E-state index contributed by atoms with van der Waals surface area (Å²) in [5.74, 6) is -1.00. The number of aliphatic carboxylic acids is 1. The molecule has 0 radical (unpaired) electrons. The van der Waals surface area contributed by atoms with Crippen molar-refractivity contribution in [2.45, 2.75) is 50.2 Å². The molecule has 1 amide bonds. The lowest BCUT2D eigenvalue weighted by molar-refractivity contribution is -0.135. The maximum atomic E-state index is 12.7. The molecule has 0 saturated carbocycles. The van der Waals surface area contributed by atoms with Gasteiger partial charge in [-0.15, -0.1) is 0 Å². The minimum Gasteiger partial charge on any atom is -0.480 e. The molecule has 0 spiro atoms. The van der Waals surface area contributed by atoms with Crippen molar-refractivity contribution in [2.24, 2.45) is 12.8 Å². The number of piperidine rings is 2. The molecule has 0 aliphatic carbocycles. The number of amides is 1. The van der Waals surface area contributed by atoms with Crippen LogP contribution in [-0.2, 0) is 11.8 Å². The van der Waals surface area contributed by atoms with Gasteiger partial charge in [-0.1, -0.05) is 24.6 Å². The van der Waals surface area contributed by atoms with E-state index in [-0.39, 0.29) is 18.5 Å². The van der Waals surface area contributed by atoms with Crippen molar-refractivity contribution < 1.29 is 14.7 Å². The summed E-state index contributed by atoms with van der Waals surface area (Å²) in [6.07, 6.45) is 5.95. The summed E-state index contributed by atoms with van der Waals surface area (Å²) >= 11 is 0. The molecule has 0 unspecified atom stereocenters. The lowest BCUT2D eigenvalue weighted by Gasteiger charge is -2.47. The number of hydrogen-bond acceptors (Lipinski definition) is 5. The van der Waals surface area contributed by atoms with E-state index in [0.29, 0.717) is 17.8 Å². The average Bonchev–Trinajstić information content (AvgIpc) is 3.00. The average molecular weight is 387 g/mol. The first-order valence-electron chi connectivity index (χ1n) is 9.77. The predicted octanol–water partition coefficient (Wildman–Crippen LogP) is 1.35. The van der Waals surface area contributed by atoms with Gasteiger partial charge < -0.3 is 21.1 Å². The van der Waals surface area contributed by atoms with E-state index < -0.39 is 5.97 Å². The number of nitrogens with zero attached hydrogens (tertiary/aromatic N) is 3. The summed E-state index contributed by atoms with van der Waals surface area (Å²) in [5.41, 5.74) is 6.12. The minimum absolute atomic E-state index is 0.0329. The van der Waals surface area contributed by atoms with Gasteiger partial charge in [0, 0.05) is 30.6 Å². The molecule has 2 bridgehead atoms. The standard InChI is InChI=1S/C18H24N4O.C2H5NO2/c1-21-13-6-5-7-14(21)11-12(10-13)19-18(23)17-15-8-3-4-9-16(15)22(2)20-17;3-1-2(4)5/h3-4,8-9,12-14H,5-7,10-11H2,1-2H3,(H,19,23);1,3H2,(H,4,5)/t12-,13+,14-;. The molecule has 3 atom stereocenters. The Morgan fingerprint density at radius 1 is 1.21 bits per heavy atom. The predicted molar refractivity (Wildman–Crippen MR) is 107 cm³/mol. The Labute approximate surface area is 164 Å². The molecule has 8 nitrogen and oxygen atoms in total. The SMILES string of the molecule is CN1[C@@H]2CCC[C@H]1C[C@@H](NC(=O)c1nn(C)c3ccccc13)C2.NCC(=O)O. The van der Waals surface area contributed by atoms with Crippen LogP contribution in [0.3, 0.4) is 0 Å². The highest BCUT2D eigenvalue weighted by molar-refractivity contribution is 6.04. The molecule has 8 heteroatoms. The van der Waals surface area contributed by atoms with Gasteiger partial charge in [-0.2, -0.15) is 5.10 Å². The molecule has 2 aliphatic rings. The molecule has 2 aromatic rings. The Hall–Kier alpha value is -2.45. The van der Waals surface area contributed by atoms with Gasteiger partial charge in [0.25, 0.3) is 5.91 Å². The summed E-state index contributed by atoms with van der Waals surface area (Å²) in [4.78, 5) is 24.5. The lowest BCUT2D eigenvalue weighted by Crippen LogP contribution is -2.55. The number of aryl methyl sites for hydroxylation is 1. The molecular weight excluding hydrogens is 358 g/mol. The molecule has 2 fully saturated rings. The highest BCUT2D eigenvalue weighted by atomic mass is 16.4. The first kappa shape index (κ1) is 20.3. The van der Waals surface area contributed by atoms with Crippen molar-refractivity contribution in [1.29, 1.82) is 0 Å². The van der Waals surface area contributed by atoms with Gasteiger partial charge in [-0.3, -0.25) is 14.3 Å². The topological polar surface area (TPSA) is 113 Å². The molecule has 4 N–H and O–H groups in total. The Bertz CT molecular complexity index is 835. The summed E-state index contributed by atoms with van der Waals surface area (Å²) in [6.45, 7) is -0.278. The number of carboxylic acid groups (broad SMARTS) is 1. The van der Waals surface area contributed by atoms with Gasteiger partial charge in [0.15, 0.2) is 5.69 Å². The molecule has 2 aliphatic heterocycles. The normalized spacial score (nSPS) is 24.3. The number of aromatic nitrogens is 2. The van der Waals surface area contributed by atoms with E-state index in [4.69, 9.17) is 5.11 Å². The fourth-order valence-electron chi connectivity index (χ4n) is 4.37. The molecule has 2 saturated heterocycles. The van der Waals surface area contributed by atoms with Crippen LogP contribution in [0.4, 0.5) is 0 Å². The summed E-state index contributed by atoms with van der Waals surface area (Å²) in [6, 6.07) is 9.42. The zero-order chi connectivity index (χ0) is 20.3. The van der Waals surface area contributed by atoms with Crippen molar-refractivity contribution in [3.05, 3.63) is 30.0 Å². The molecule has 152 valence electrons. The maximum absolute atomic E-state index is 12.7. The van der Waals surface area contributed by atoms with Crippen LogP contribution >= 0.6 is 0 Å². The number of carboxylic acids is 1. The minimum atomic E-state index is -0.968. The number of nitrogens with two attached hydrogens (primary N) is 1. The molecule has 1 aromatic carbocycles. The largest absolute Gasteiger partial charge is 0.480 e. The highest BCUT2D eigenvalue weighted by Crippen LogP contribution is 2.32. The first-order valence-corrected chi connectivity index (χ1v) is 9.77. The van der Waals surface area contributed by atoms with E-state index in [2.05, 4.69) is 28.1 Å². The van der Waals surface area contributed by atoms with Crippen LogP contribution < -0.4 is 11.1 Å². The van der Waals surface area contributed by atoms with Gasteiger partial charge in [-0.05, 0) is 38.8 Å². The van der Waals surface area contributed by atoms with Gasteiger partial charge in [0.2, 0.25) is 0 Å². The van der Waals surface area contributed by atoms with Crippen LogP contribution in [0.25, 0.3) is 10.9 Å². The van der Waals surface area contributed by atoms with E-state index in [1.54, 1.807) is 4.68 Å². The lowest BCUT2D eigenvalue weighted by atomic mass is 9.82. The number of fused-ring (bicyclic) bond motifs is 3. The van der Waals surface area contributed by atoms with Crippen LogP contribution in [0.1, 0.15) is 42.6 Å². The third-order valence-corrected chi connectivity index (χ3v) is 5.82. The Morgan fingerprint density at radius 3 is 2.43 bits per heavy atom. The first-order chi connectivity index (χ1) is 13.4. The Kier molecular flexibility index (Phi) is 6.31. The number of carbonyl (C=O) groups is 2. The smallest absolute Gasteiger partial charge is 0.317 e. The molecule has 4 rings (SSSR count). The van der Waals surface area contributed by atoms with Crippen LogP contribution in [-0.4, -0.2) is 63.4 Å². The third kappa shape index (κ3) is 4.34. The fourth-order valence-corrected chi connectivity index (χ4v) is 4.37. The number of rotatable bonds is 3. The second-order valence-electron chi connectivity index (χ2n) is 7.63. The quantitative estimate of drug-likeness (QED) is 0.733. The summed E-state index contributed by atoms with van der Waals surface area (Å²) < 4.78 is 1.79. The summed E-state index contributed by atoms with van der Waals surface area (Å²) in [5, 5.41) is 16.2. The van der Waals surface area contributed by atoms with Crippen molar-refractivity contribution in [3.8, 4) is 0 Å². The number of nitrogens with one attached hydrogen (secondary N) is 1. The summed E-state index contributed by atoms with van der Waals surface area (Å²) in [7, 11) is 4.12. The number of hydrogen-bond donors (Lipinski definition) is 3. The third-order valence-electron chi connectivity index (χ3n) is 5.82. The zero-order valence-electron chi connectivity index (χ0n) is 16.5. The van der Waals surface area contributed by atoms with Crippen molar-refractivity contribution in [2.75, 3.05) is 13.6 Å². The second-order valence-corrected chi connectivity index (χ2v) is 7.63. The zero-order valence-corrected chi connectivity index (χ0v) is 16.5. The molecular formula is C20H29N5O3. The van der Waals surface area contributed by atoms with E-state index in [9.17, 15) is 9.59 Å². The number of para-hydroxylation sites is 1. The number of benzene rings is 1. The van der Waals surface area contributed by atoms with E-state index in [0.717, 1.165) is 23.7 Å². The molecule has 28 heavy (non-hydrogen) atoms. The van der Waals surface area contributed by atoms with Crippen LogP contribution in [0.5, 0.6) is 0 Å². The van der Waals surface area contributed by atoms with E-state index >= 15 is 0 Å². The van der Waals surface area contributed by atoms with Crippen LogP contribution in [0.15, 0.2) is 24.3 Å². The van der Waals surface area contributed by atoms with Gasteiger partial charge >= 0.3 is 5.97 Å². The second kappa shape index (κ2) is 8.70. The van der Waals surface area contributed by atoms with Crippen molar-refractivity contribution >= 4 is 22.8 Å².